The van der Waals surface area contributed by atoms with E-state index < -0.39 is 5.92 Å². The van der Waals surface area contributed by atoms with Crippen LogP contribution in [0, 0.1) is 5.92 Å². The number of halogens is 1. The molecule has 1 aliphatic carbocycles. The Balaban J connectivity index is 1.79. The van der Waals surface area contributed by atoms with Crippen molar-refractivity contribution in [2.24, 2.45) is 10.9 Å². The maximum absolute atomic E-state index is 13.5. The Labute approximate surface area is 191 Å². The molecular weight excluding hydrogens is 454 g/mol. The molecule has 4 nitrogen and oxygen atoms in total. The van der Waals surface area contributed by atoms with Crippen molar-refractivity contribution in [2.75, 3.05) is 0 Å². The molecule has 0 saturated heterocycles. The highest BCUT2D eigenvalue weighted by atomic mass is 79.9. The number of allylic oxidation sites excluding steroid dienone is 2. The normalized spacial score (nSPS) is 23.5. The fourth-order valence-corrected chi connectivity index (χ4v) is 4.93. The molecule has 1 heterocycles. The summed E-state index contributed by atoms with van der Waals surface area (Å²) in [6.45, 7) is 5.55. The lowest BCUT2D eigenvalue weighted by molar-refractivity contribution is -0.150. The molecule has 2 aliphatic rings. The summed E-state index contributed by atoms with van der Waals surface area (Å²) in [7, 11) is 0. The van der Waals surface area contributed by atoms with Gasteiger partial charge in [-0.15, -0.1) is 0 Å². The summed E-state index contributed by atoms with van der Waals surface area (Å²) in [5.74, 6) is -1.13. The molecule has 160 valence electrons. The van der Waals surface area contributed by atoms with Crippen LogP contribution in [0.4, 0.5) is 0 Å². The zero-order valence-electron chi connectivity index (χ0n) is 18.0. The highest BCUT2D eigenvalue weighted by Crippen LogP contribution is 2.47. The molecule has 0 aromatic heterocycles. The van der Waals surface area contributed by atoms with Crippen molar-refractivity contribution in [3.05, 3.63) is 81.5 Å². The van der Waals surface area contributed by atoms with Gasteiger partial charge in [0.05, 0.1) is 6.10 Å². The van der Waals surface area contributed by atoms with E-state index in [4.69, 9.17) is 9.73 Å². The van der Waals surface area contributed by atoms with Crippen LogP contribution in [0.3, 0.4) is 0 Å². The minimum atomic E-state index is -0.598. The van der Waals surface area contributed by atoms with Crippen LogP contribution in [0.15, 0.2) is 75.3 Å². The molecule has 31 heavy (non-hydrogen) atoms. The topological polar surface area (TPSA) is 55.7 Å². The number of aliphatic imine (C=N–C) groups is 1. The molecule has 0 bridgehead atoms. The quantitative estimate of drug-likeness (QED) is 0.507. The summed E-state index contributed by atoms with van der Waals surface area (Å²) in [5.41, 5.74) is 4.27. The second-order valence-corrected chi connectivity index (χ2v) is 9.46. The van der Waals surface area contributed by atoms with Gasteiger partial charge in [-0.3, -0.25) is 14.6 Å². The van der Waals surface area contributed by atoms with Crippen molar-refractivity contribution in [2.45, 2.75) is 51.6 Å². The van der Waals surface area contributed by atoms with Crippen molar-refractivity contribution in [3.63, 3.8) is 0 Å². The molecule has 1 aliphatic heterocycles. The summed E-state index contributed by atoms with van der Waals surface area (Å²) in [6.07, 6.45) is 0.892. The Morgan fingerprint density at radius 2 is 1.71 bits per heavy atom. The number of Topliss-reactive ketones (excluding diaryl/α,β-unsaturated/α-hetero) is 1. The molecule has 5 heteroatoms. The average Bonchev–Trinajstić information content (AvgIpc) is 2.73. The number of hydrogen-bond donors (Lipinski definition) is 0. The first kappa shape index (κ1) is 21.7. The van der Waals surface area contributed by atoms with E-state index in [-0.39, 0.29) is 29.7 Å². The van der Waals surface area contributed by atoms with Gasteiger partial charge in [-0.05, 0) is 56.4 Å². The first-order valence-electron chi connectivity index (χ1n) is 10.7. The summed E-state index contributed by atoms with van der Waals surface area (Å²) < 4.78 is 6.53. The monoisotopic (exact) mass is 479 g/mol. The highest BCUT2D eigenvalue weighted by molar-refractivity contribution is 9.10. The number of nitrogens with zero attached hydrogens (tertiary/aromatic N) is 1. The lowest BCUT2D eigenvalue weighted by Gasteiger charge is -2.36. The van der Waals surface area contributed by atoms with Crippen molar-refractivity contribution in [1.82, 2.24) is 0 Å². The van der Waals surface area contributed by atoms with Crippen molar-refractivity contribution in [1.29, 1.82) is 0 Å². The van der Waals surface area contributed by atoms with Crippen LogP contribution in [0.25, 0.3) is 0 Å². The number of hydrogen-bond acceptors (Lipinski definition) is 4. The first-order valence-corrected chi connectivity index (χ1v) is 11.5. The van der Waals surface area contributed by atoms with Crippen LogP contribution < -0.4 is 0 Å². The van der Waals surface area contributed by atoms with Crippen LogP contribution in [0.5, 0.6) is 0 Å². The molecule has 0 saturated carbocycles. The van der Waals surface area contributed by atoms with Gasteiger partial charge in [0.25, 0.3) is 0 Å². The van der Waals surface area contributed by atoms with E-state index in [1.165, 1.54) is 0 Å². The number of ketones is 1. The van der Waals surface area contributed by atoms with Gasteiger partial charge in [-0.2, -0.15) is 0 Å². The van der Waals surface area contributed by atoms with Gasteiger partial charge in [0.1, 0.15) is 5.92 Å². The minimum Gasteiger partial charge on any atom is -0.462 e. The Morgan fingerprint density at radius 3 is 2.35 bits per heavy atom. The molecule has 2 aromatic carbocycles. The maximum atomic E-state index is 13.5. The Kier molecular flexibility index (Phi) is 6.24. The highest BCUT2D eigenvalue weighted by Gasteiger charge is 2.44. The first-order chi connectivity index (χ1) is 14.8. The van der Waals surface area contributed by atoms with Crippen molar-refractivity contribution < 1.29 is 14.3 Å². The van der Waals surface area contributed by atoms with E-state index in [1.54, 1.807) is 0 Å². The fraction of sp³-hybridized carbons (Fsp3) is 0.346. The third-order valence-electron chi connectivity index (χ3n) is 5.99. The van der Waals surface area contributed by atoms with Gasteiger partial charge in [0.2, 0.25) is 0 Å². The van der Waals surface area contributed by atoms with Gasteiger partial charge in [0, 0.05) is 33.8 Å². The number of carbonyl (C=O) groups is 2. The standard InChI is InChI=1S/C26H26BrNO3/c1-15(2)31-26(30)23-16(3)28-21-13-19(17-7-5-4-6-8-17)14-22(29)25(21)24(23)18-9-11-20(27)12-10-18/h4-12,15,19,23-24H,13-14H2,1-3H3/t19-,23?,24-/m1/s1. The summed E-state index contributed by atoms with van der Waals surface area (Å²) in [4.78, 5) is 31.4. The van der Waals surface area contributed by atoms with Crippen molar-refractivity contribution in [3.8, 4) is 0 Å². The molecule has 2 aromatic rings. The summed E-state index contributed by atoms with van der Waals surface area (Å²) in [6, 6.07) is 18.0. The molecule has 1 unspecified atom stereocenters. The van der Waals surface area contributed by atoms with E-state index >= 15 is 0 Å². The number of benzene rings is 2. The lowest BCUT2D eigenvalue weighted by Crippen LogP contribution is -2.38. The van der Waals surface area contributed by atoms with E-state index in [9.17, 15) is 9.59 Å². The van der Waals surface area contributed by atoms with Gasteiger partial charge < -0.3 is 4.74 Å². The Hall–Kier alpha value is -2.53. The number of esters is 1. The Bertz CT molecular complexity index is 1050. The zero-order chi connectivity index (χ0) is 22.1. The molecule has 4 rings (SSSR count). The molecule has 0 radical (unpaired) electrons. The maximum Gasteiger partial charge on any atom is 0.315 e. The average molecular weight is 480 g/mol. The van der Waals surface area contributed by atoms with Gasteiger partial charge in [0.15, 0.2) is 5.78 Å². The zero-order valence-corrected chi connectivity index (χ0v) is 19.6. The largest absolute Gasteiger partial charge is 0.462 e. The molecule has 0 fully saturated rings. The Morgan fingerprint density at radius 1 is 1.03 bits per heavy atom. The SMILES string of the molecule is CC1=NC2=C(C(=O)C[C@H](c3ccccc3)C2)[C@H](c2ccc(Br)cc2)C1C(=O)OC(C)C. The van der Waals surface area contributed by atoms with E-state index in [1.807, 2.05) is 63.2 Å². The van der Waals surface area contributed by atoms with E-state index in [2.05, 4.69) is 28.1 Å². The van der Waals surface area contributed by atoms with Crippen LogP contribution >= 0.6 is 15.9 Å². The predicted octanol–water partition coefficient (Wildman–Crippen LogP) is 5.98. The second-order valence-electron chi connectivity index (χ2n) is 8.55. The third-order valence-corrected chi connectivity index (χ3v) is 6.52. The molecule has 0 spiro atoms. The van der Waals surface area contributed by atoms with Gasteiger partial charge in [-0.1, -0.05) is 58.4 Å². The van der Waals surface area contributed by atoms with E-state index in [0.29, 0.717) is 24.1 Å². The summed E-state index contributed by atoms with van der Waals surface area (Å²) in [5, 5.41) is 0. The smallest absolute Gasteiger partial charge is 0.315 e. The lowest BCUT2D eigenvalue weighted by atomic mass is 9.69. The molecular formula is C26H26BrNO3. The van der Waals surface area contributed by atoms with Crippen LogP contribution in [-0.2, 0) is 14.3 Å². The van der Waals surface area contributed by atoms with Crippen LogP contribution in [0.1, 0.15) is 56.6 Å². The molecule has 0 amide bonds. The van der Waals surface area contributed by atoms with Gasteiger partial charge in [-0.25, -0.2) is 0 Å². The van der Waals surface area contributed by atoms with E-state index in [0.717, 1.165) is 21.3 Å². The third kappa shape index (κ3) is 4.42. The number of carbonyl (C=O) groups excluding carboxylic acids is 2. The van der Waals surface area contributed by atoms with Gasteiger partial charge >= 0.3 is 5.97 Å². The predicted molar refractivity (Wildman–Crippen MR) is 125 cm³/mol. The second kappa shape index (κ2) is 8.91. The summed E-state index contributed by atoms with van der Waals surface area (Å²) >= 11 is 3.48. The van der Waals surface area contributed by atoms with Crippen molar-refractivity contribution >= 4 is 33.4 Å². The number of ether oxygens (including phenoxy) is 1. The van der Waals surface area contributed by atoms with Crippen LogP contribution in [-0.4, -0.2) is 23.6 Å². The number of rotatable bonds is 4. The molecule has 0 N–H and O–H groups in total. The van der Waals surface area contributed by atoms with Crippen LogP contribution in [0.2, 0.25) is 0 Å². The minimum absolute atomic E-state index is 0.0709. The fourth-order valence-electron chi connectivity index (χ4n) is 4.66. The molecule has 3 atom stereocenters.